The van der Waals surface area contributed by atoms with Gasteiger partial charge in [0.05, 0.1) is 13.2 Å². The standard InChI is InChI=1S/C12H18BrNO2/c1-3-5-7-16-12-11(15-6-4-2)8-10(13)9-14-12/h8-9H,3-7H2,1-2H3. The predicted molar refractivity (Wildman–Crippen MR) is 68.1 cm³/mol. The molecule has 0 aliphatic rings. The van der Waals surface area contributed by atoms with Gasteiger partial charge in [-0.25, -0.2) is 4.98 Å². The number of unbranched alkanes of at least 4 members (excludes halogenated alkanes) is 1. The van der Waals surface area contributed by atoms with Crippen LogP contribution in [0.3, 0.4) is 0 Å². The number of rotatable bonds is 7. The molecule has 1 heterocycles. The Morgan fingerprint density at radius 2 is 2.00 bits per heavy atom. The van der Waals surface area contributed by atoms with Gasteiger partial charge >= 0.3 is 0 Å². The number of hydrogen-bond acceptors (Lipinski definition) is 3. The van der Waals surface area contributed by atoms with Crippen molar-refractivity contribution in [3.63, 3.8) is 0 Å². The fourth-order valence-electron chi connectivity index (χ4n) is 1.15. The van der Waals surface area contributed by atoms with Gasteiger partial charge in [-0.1, -0.05) is 20.3 Å². The minimum Gasteiger partial charge on any atom is -0.488 e. The fraction of sp³-hybridized carbons (Fsp3) is 0.583. The number of hydrogen-bond donors (Lipinski definition) is 0. The molecule has 16 heavy (non-hydrogen) atoms. The highest BCUT2D eigenvalue weighted by Crippen LogP contribution is 2.28. The lowest BCUT2D eigenvalue weighted by molar-refractivity contribution is 0.256. The normalized spacial score (nSPS) is 10.2. The van der Waals surface area contributed by atoms with Gasteiger partial charge in [-0.2, -0.15) is 0 Å². The highest BCUT2D eigenvalue weighted by molar-refractivity contribution is 9.10. The molecule has 0 bridgehead atoms. The quantitative estimate of drug-likeness (QED) is 0.715. The van der Waals surface area contributed by atoms with E-state index in [1.54, 1.807) is 6.20 Å². The number of ether oxygens (including phenoxy) is 2. The van der Waals surface area contributed by atoms with Gasteiger partial charge in [0, 0.05) is 16.7 Å². The second kappa shape index (κ2) is 7.49. The molecular formula is C12H18BrNO2. The first-order valence-electron chi connectivity index (χ1n) is 5.69. The van der Waals surface area contributed by atoms with Crippen LogP contribution in [-0.2, 0) is 0 Å². The zero-order chi connectivity index (χ0) is 11.8. The van der Waals surface area contributed by atoms with Crippen molar-refractivity contribution in [3.8, 4) is 11.6 Å². The van der Waals surface area contributed by atoms with Crippen molar-refractivity contribution >= 4 is 15.9 Å². The summed E-state index contributed by atoms with van der Waals surface area (Å²) in [6.45, 7) is 5.58. The lowest BCUT2D eigenvalue weighted by atomic mass is 10.4. The third-order valence-electron chi connectivity index (χ3n) is 1.98. The van der Waals surface area contributed by atoms with Gasteiger partial charge in [0.1, 0.15) is 0 Å². The molecule has 0 aliphatic heterocycles. The van der Waals surface area contributed by atoms with E-state index in [0.717, 1.165) is 23.7 Å². The monoisotopic (exact) mass is 287 g/mol. The van der Waals surface area contributed by atoms with Crippen molar-refractivity contribution in [1.82, 2.24) is 4.98 Å². The summed E-state index contributed by atoms with van der Waals surface area (Å²) in [5.41, 5.74) is 0. The number of aromatic nitrogens is 1. The van der Waals surface area contributed by atoms with E-state index in [9.17, 15) is 0 Å². The molecule has 0 saturated carbocycles. The summed E-state index contributed by atoms with van der Waals surface area (Å²) in [7, 11) is 0. The highest BCUT2D eigenvalue weighted by atomic mass is 79.9. The Morgan fingerprint density at radius 3 is 2.69 bits per heavy atom. The van der Waals surface area contributed by atoms with Crippen LogP contribution in [-0.4, -0.2) is 18.2 Å². The molecule has 0 N–H and O–H groups in total. The molecule has 0 saturated heterocycles. The maximum Gasteiger partial charge on any atom is 0.257 e. The van der Waals surface area contributed by atoms with Crippen LogP contribution in [0.25, 0.3) is 0 Å². The Hall–Kier alpha value is -0.770. The number of pyridine rings is 1. The van der Waals surface area contributed by atoms with E-state index in [-0.39, 0.29) is 0 Å². The van der Waals surface area contributed by atoms with E-state index in [4.69, 9.17) is 9.47 Å². The summed E-state index contributed by atoms with van der Waals surface area (Å²) >= 11 is 3.37. The van der Waals surface area contributed by atoms with Gasteiger partial charge < -0.3 is 9.47 Å². The molecule has 90 valence electrons. The summed E-state index contributed by atoms with van der Waals surface area (Å²) in [6, 6.07) is 1.89. The first-order chi connectivity index (χ1) is 7.77. The van der Waals surface area contributed by atoms with E-state index in [0.29, 0.717) is 24.8 Å². The molecule has 0 atom stereocenters. The van der Waals surface area contributed by atoms with E-state index in [1.807, 2.05) is 6.07 Å². The fourth-order valence-corrected chi connectivity index (χ4v) is 1.46. The minimum atomic E-state index is 0.588. The summed E-state index contributed by atoms with van der Waals surface area (Å²) in [5, 5.41) is 0. The molecule has 1 rings (SSSR count). The minimum absolute atomic E-state index is 0.588. The van der Waals surface area contributed by atoms with Crippen LogP contribution in [0.2, 0.25) is 0 Å². The zero-order valence-corrected chi connectivity index (χ0v) is 11.4. The summed E-state index contributed by atoms with van der Waals surface area (Å²) < 4.78 is 12.1. The van der Waals surface area contributed by atoms with E-state index >= 15 is 0 Å². The van der Waals surface area contributed by atoms with Crippen LogP contribution >= 0.6 is 15.9 Å². The van der Waals surface area contributed by atoms with Gasteiger partial charge in [-0.05, 0) is 28.8 Å². The first kappa shape index (κ1) is 13.3. The van der Waals surface area contributed by atoms with E-state index in [1.165, 1.54) is 0 Å². The van der Waals surface area contributed by atoms with E-state index < -0.39 is 0 Å². The molecule has 0 aliphatic carbocycles. The highest BCUT2D eigenvalue weighted by Gasteiger charge is 2.07. The Balaban J connectivity index is 2.64. The van der Waals surface area contributed by atoms with Crippen molar-refractivity contribution in [2.75, 3.05) is 13.2 Å². The number of halogens is 1. The SMILES string of the molecule is CCCCOc1ncc(Br)cc1OCCC. The van der Waals surface area contributed by atoms with Gasteiger partial charge in [-0.15, -0.1) is 0 Å². The van der Waals surface area contributed by atoms with Crippen LogP contribution < -0.4 is 9.47 Å². The van der Waals surface area contributed by atoms with Crippen molar-refractivity contribution in [3.05, 3.63) is 16.7 Å². The molecular weight excluding hydrogens is 270 g/mol. The maximum absolute atomic E-state index is 5.58. The molecule has 3 nitrogen and oxygen atoms in total. The summed E-state index contributed by atoms with van der Waals surface area (Å²) in [5.74, 6) is 1.30. The Morgan fingerprint density at radius 1 is 1.19 bits per heavy atom. The molecule has 0 unspecified atom stereocenters. The summed E-state index contributed by atoms with van der Waals surface area (Å²) in [4.78, 5) is 4.21. The second-order valence-corrected chi connectivity index (χ2v) is 4.42. The van der Waals surface area contributed by atoms with Crippen molar-refractivity contribution in [2.45, 2.75) is 33.1 Å². The van der Waals surface area contributed by atoms with Crippen LogP contribution in [0.1, 0.15) is 33.1 Å². The topological polar surface area (TPSA) is 31.4 Å². The zero-order valence-electron chi connectivity index (χ0n) is 9.83. The molecule has 1 aromatic rings. The molecule has 1 aromatic heterocycles. The van der Waals surface area contributed by atoms with Crippen molar-refractivity contribution in [1.29, 1.82) is 0 Å². The van der Waals surface area contributed by atoms with Crippen LogP contribution in [0.4, 0.5) is 0 Å². The average molecular weight is 288 g/mol. The third kappa shape index (κ3) is 4.39. The van der Waals surface area contributed by atoms with Gasteiger partial charge in [0.15, 0.2) is 5.75 Å². The van der Waals surface area contributed by atoms with Gasteiger partial charge in [0.25, 0.3) is 5.88 Å². The maximum atomic E-state index is 5.58. The average Bonchev–Trinajstić information content (AvgIpc) is 2.29. The molecule has 4 heteroatoms. The molecule has 0 radical (unpaired) electrons. The number of nitrogens with zero attached hydrogens (tertiary/aromatic N) is 1. The second-order valence-electron chi connectivity index (χ2n) is 3.51. The largest absolute Gasteiger partial charge is 0.488 e. The van der Waals surface area contributed by atoms with Crippen molar-refractivity contribution in [2.24, 2.45) is 0 Å². The molecule has 0 spiro atoms. The van der Waals surface area contributed by atoms with Crippen molar-refractivity contribution < 1.29 is 9.47 Å². The molecule has 0 amide bonds. The van der Waals surface area contributed by atoms with Crippen LogP contribution in [0.5, 0.6) is 11.6 Å². The predicted octanol–water partition coefficient (Wildman–Crippen LogP) is 3.81. The van der Waals surface area contributed by atoms with Gasteiger partial charge in [0.2, 0.25) is 0 Å². The van der Waals surface area contributed by atoms with Gasteiger partial charge in [-0.3, -0.25) is 0 Å². The lowest BCUT2D eigenvalue weighted by Gasteiger charge is -2.11. The first-order valence-corrected chi connectivity index (χ1v) is 6.48. The molecule has 0 aromatic carbocycles. The Labute approximate surface area is 105 Å². The van der Waals surface area contributed by atoms with E-state index in [2.05, 4.69) is 34.8 Å². The lowest BCUT2D eigenvalue weighted by Crippen LogP contribution is -2.03. The molecule has 0 fully saturated rings. The third-order valence-corrected chi connectivity index (χ3v) is 2.42. The smallest absolute Gasteiger partial charge is 0.257 e. The Kier molecular flexibility index (Phi) is 6.23. The van der Waals surface area contributed by atoms with Crippen LogP contribution in [0.15, 0.2) is 16.7 Å². The Bertz CT molecular complexity index is 318. The summed E-state index contributed by atoms with van der Waals surface area (Å²) in [6.07, 6.45) is 4.84. The van der Waals surface area contributed by atoms with Crippen LogP contribution in [0, 0.1) is 0 Å².